The van der Waals surface area contributed by atoms with Crippen LogP contribution >= 0.6 is 0 Å². The average molecular weight is 206 g/mol. The van der Waals surface area contributed by atoms with Gasteiger partial charge in [0.2, 0.25) is 5.95 Å². The van der Waals surface area contributed by atoms with Crippen LogP contribution in [-0.2, 0) is 0 Å². The topological polar surface area (TPSA) is 16.1 Å². The smallest absolute Gasteiger partial charge is 0.212 e. The van der Waals surface area contributed by atoms with Gasteiger partial charge in [-0.1, -0.05) is 6.07 Å². The van der Waals surface area contributed by atoms with Crippen molar-refractivity contribution in [2.45, 2.75) is 37.3 Å². The van der Waals surface area contributed by atoms with Gasteiger partial charge in [0, 0.05) is 24.2 Å². The Morgan fingerprint density at radius 3 is 2.80 bits per heavy atom. The Morgan fingerprint density at radius 1 is 1.40 bits per heavy atom. The molecule has 1 aromatic rings. The first-order chi connectivity index (χ1) is 7.25. The number of hydrogen-bond acceptors (Lipinski definition) is 2. The Bertz CT molecular complexity index is 362. The summed E-state index contributed by atoms with van der Waals surface area (Å²) >= 11 is 0. The highest BCUT2D eigenvalue weighted by molar-refractivity contribution is 5.22. The van der Waals surface area contributed by atoms with Gasteiger partial charge in [0.1, 0.15) is 0 Å². The lowest BCUT2D eigenvalue weighted by molar-refractivity contribution is 0.307. The van der Waals surface area contributed by atoms with Gasteiger partial charge in [0.05, 0.1) is 0 Å². The van der Waals surface area contributed by atoms with Gasteiger partial charge < -0.3 is 0 Å². The number of aromatic nitrogens is 1. The van der Waals surface area contributed by atoms with E-state index in [1.807, 2.05) is 6.07 Å². The lowest BCUT2D eigenvalue weighted by atomic mass is 9.85. The van der Waals surface area contributed by atoms with Gasteiger partial charge >= 0.3 is 0 Å². The van der Waals surface area contributed by atoms with Crippen LogP contribution in [0.25, 0.3) is 0 Å². The maximum absolute atomic E-state index is 12.7. The summed E-state index contributed by atoms with van der Waals surface area (Å²) in [5, 5.41) is 0. The molecule has 3 rings (SSSR count). The van der Waals surface area contributed by atoms with Crippen LogP contribution < -0.4 is 0 Å². The Labute approximate surface area is 89.1 Å². The molecular weight excluding hydrogens is 191 g/mol. The van der Waals surface area contributed by atoms with Gasteiger partial charge in [0.25, 0.3) is 0 Å². The van der Waals surface area contributed by atoms with Crippen LogP contribution in [0.5, 0.6) is 0 Å². The van der Waals surface area contributed by atoms with Gasteiger partial charge in [-0.15, -0.1) is 0 Å². The molecule has 0 N–H and O–H groups in total. The first-order valence-corrected chi connectivity index (χ1v) is 5.59. The Kier molecular flexibility index (Phi) is 2.02. The molecule has 0 unspecified atom stereocenters. The number of halogens is 1. The molecule has 0 spiro atoms. The second kappa shape index (κ2) is 3.27. The minimum absolute atomic E-state index is 0.379. The molecule has 2 aliphatic rings. The van der Waals surface area contributed by atoms with Crippen LogP contribution in [0.1, 0.15) is 30.7 Å². The number of likely N-dealkylation sites (N-methyl/N-ethyl adjacent to an activating group) is 1. The average Bonchev–Trinajstić information content (AvgIpc) is 2.75. The Morgan fingerprint density at radius 2 is 2.27 bits per heavy atom. The summed E-state index contributed by atoms with van der Waals surface area (Å²) in [4.78, 5) is 6.23. The molecule has 3 atom stereocenters. The van der Waals surface area contributed by atoms with Crippen molar-refractivity contribution in [3.63, 3.8) is 0 Å². The van der Waals surface area contributed by atoms with Crippen LogP contribution in [0.3, 0.4) is 0 Å². The van der Waals surface area contributed by atoms with E-state index in [1.54, 1.807) is 6.20 Å². The molecule has 15 heavy (non-hydrogen) atoms. The molecule has 80 valence electrons. The maximum Gasteiger partial charge on any atom is 0.212 e. The highest BCUT2D eigenvalue weighted by atomic mass is 19.1. The van der Waals surface area contributed by atoms with Crippen molar-refractivity contribution >= 4 is 0 Å². The summed E-state index contributed by atoms with van der Waals surface area (Å²) < 4.78 is 12.7. The second-order valence-corrected chi connectivity index (χ2v) is 4.72. The van der Waals surface area contributed by atoms with Crippen LogP contribution in [-0.4, -0.2) is 29.0 Å². The van der Waals surface area contributed by atoms with E-state index in [4.69, 9.17) is 0 Å². The molecule has 3 heteroatoms. The van der Waals surface area contributed by atoms with Crippen molar-refractivity contribution in [3.8, 4) is 0 Å². The van der Waals surface area contributed by atoms with Crippen molar-refractivity contribution in [1.82, 2.24) is 9.88 Å². The summed E-state index contributed by atoms with van der Waals surface area (Å²) in [7, 11) is 2.21. The van der Waals surface area contributed by atoms with E-state index in [0.29, 0.717) is 12.0 Å². The van der Waals surface area contributed by atoms with Crippen molar-refractivity contribution < 1.29 is 4.39 Å². The normalized spacial score (nSPS) is 34.9. The lowest BCUT2D eigenvalue weighted by Gasteiger charge is -2.21. The molecule has 3 heterocycles. The molecule has 0 aliphatic carbocycles. The molecule has 0 amide bonds. The molecule has 2 fully saturated rings. The van der Waals surface area contributed by atoms with Crippen molar-refractivity contribution in [3.05, 3.63) is 29.8 Å². The molecule has 2 aliphatic heterocycles. The second-order valence-electron chi connectivity index (χ2n) is 4.72. The molecule has 2 nitrogen and oxygen atoms in total. The van der Waals surface area contributed by atoms with E-state index in [-0.39, 0.29) is 5.95 Å². The van der Waals surface area contributed by atoms with Gasteiger partial charge in [-0.3, -0.25) is 4.90 Å². The molecule has 0 radical (unpaired) electrons. The molecular formula is C12H15FN2. The standard InChI is InChI=1S/C12H15FN2/c1-15-9-3-4-11(15)10(6-9)8-2-5-12(13)14-7-8/h2,5,7,9-11H,3-4,6H2,1H3/t9-,10+,11+/m1/s1. The van der Waals surface area contributed by atoms with Gasteiger partial charge in [0.15, 0.2) is 0 Å². The number of hydrogen-bond donors (Lipinski definition) is 0. The third-order valence-electron chi connectivity index (χ3n) is 4.06. The minimum Gasteiger partial charge on any atom is -0.300 e. The number of pyridine rings is 1. The van der Waals surface area contributed by atoms with Crippen LogP contribution in [0.15, 0.2) is 18.3 Å². The largest absolute Gasteiger partial charge is 0.300 e. The van der Waals surface area contributed by atoms with Crippen LogP contribution in [0, 0.1) is 5.95 Å². The predicted octanol–water partition coefficient (Wildman–Crippen LogP) is 2.17. The maximum atomic E-state index is 12.7. The first-order valence-electron chi connectivity index (χ1n) is 5.59. The van der Waals surface area contributed by atoms with Crippen molar-refractivity contribution in [2.24, 2.45) is 0 Å². The van der Waals surface area contributed by atoms with Crippen molar-refractivity contribution in [1.29, 1.82) is 0 Å². The third kappa shape index (κ3) is 1.37. The van der Waals surface area contributed by atoms with Gasteiger partial charge in [-0.05, 0) is 37.9 Å². The fourth-order valence-electron chi connectivity index (χ4n) is 3.23. The lowest BCUT2D eigenvalue weighted by Crippen LogP contribution is -2.25. The minimum atomic E-state index is -0.379. The zero-order valence-corrected chi connectivity index (χ0v) is 8.86. The van der Waals surface area contributed by atoms with E-state index in [0.717, 1.165) is 6.04 Å². The highest BCUT2D eigenvalue weighted by Gasteiger charge is 2.44. The quantitative estimate of drug-likeness (QED) is 0.655. The zero-order valence-electron chi connectivity index (χ0n) is 8.86. The van der Waals surface area contributed by atoms with Crippen LogP contribution in [0.4, 0.5) is 4.39 Å². The first kappa shape index (κ1) is 9.28. The molecule has 1 aromatic heterocycles. The Balaban J connectivity index is 1.87. The molecule has 2 bridgehead atoms. The Hall–Kier alpha value is -0.960. The van der Waals surface area contributed by atoms with Gasteiger partial charge in [-0.25, -0.2) is 4.98 Å². The zero-order chi connectivity index (χ0) is 10.4. The van der Waals surface area contributed by atoms with E-state index in [2.05, 4.69) is 16.9 Å². The number of fused-ring (bicyclic) bond motifs is 2. The predicted molar refractivity (Wildman–Crippen MR) is 56.1 cm³/mol. The summed E-state index contributed by atoms with van der Waals surface area (Å²) in [6.45, 7) is 0. The summed E-state index contributed by atoms with van der Waals surface area (Å²) in [5.41, 5.74) is 1.20. The summed E-state index contributed by atoms with van der Waals surface area (Å²) in [6.07, 6.45) is 5.53. The van der Waals surface area contributed by atoms with E-state index in [9.17, 15) is 4.39 Å². The van der Waals surface area contributed by atoms with Crippen LogP contribution in [0.2, 0.25) is 0 Å². The third-order valence-corrected chi connectivity index (χ3v) is 4.06. The van der Waals surface area contributed by atoms with E-state index >= 15 is 0 Å². The van der Waals surface area contributed by atoms with E-state index < -0.39 is 0 Å². The fraction of sp³-hybridized carbons (Fsp3) is 0.583. The summed E-state index contributed by atoms with van der Waals surface area (Å²) in [5.74, 6) is 0.192. The summed E-state index contributed by atoms with van der Waals surface area (Å²) in [6, 6.07) is 4.76. The number of nitrogens with zero attached hydrogens (tertiary/aromatic N) is 2. The van der Waals surface area contributed by atoms with E-state index in [1.165, 1.54) is 30.9 Å². The monoisotopic (exact) mass is 206 g/mol. The molecule has 0 saturated carbocycles. The molecule has 0 aromatic carbocycles. The highest BCUT2D eigenvalue weighted by Crippen LogP contribution is 2.45. The molecule has 2 saturated heterocycles. The fourth-order valence-corrected chi connectivity index (χ4v) is 3.23. The SMILES string of the molecule is CN1[C@@H]2CC[C@H]1[C@H](c1ccc(F)nc1)C2. The number of rotatable bonds is 1. The van der Waals surface area contributed by atoms with Crippen molar-refractivity contribution in [2.75, 3.05) is 7.05 Å². The van der Waals surface area contributed by atoms with Gasteiger partial charge in [-0.2, -0.15) is 4.39 Å².